The van der Waals surface area contributed by atoms with Gasteiger partial charge in [0.1, 0.15) is 0 Å². The first-order valence-electron chi connectivity index (χ1n) is 11.2. The number of hydrogen-bond donors (Lipinski definition) is 3. The summed E-state index contributed by atoms with van der Waals surface area (Å²) in [6.07, 6.45) is 5.76. The average Bonchev–Trinajstić information content (AvgIpc) is 3.14. The topological polar surface area (TPSA) is 83.1 Å². The van der Waals surface area contributed by atoms with E-state index in [4.69, 9.17) is 0 Å². The summed E-state index contributed by atoms with van der Waals surface area (Å²) in [5.74, 6) is -0.161. The lowest BCUT2D eigenvalue weighted by Gasteiger charge is -2.12. The van der Waals surface area contributed by atoms with Gasteiger partial charge in [-0.2, -0.15) is 0 Å². The predicted molar refractivity (Wildman–Crippen MR) is 134 cm³/mol. The van der Waals surface area contributed by atoms with Crippen LogP contribution < -0.4 is 16.0 Å². The molecular formula is C25H32N4O2S. The number of nitrogens with zero attached hydrogens (tertiary/aromatic N) is 1. The number of hydrogen-bond acceptors (Lipinski definition) is 4. The Bertz CT molecular complexity index is 1080. The van der Waals surface area contributed by atoms with E-state index in [2.05, 4.69) is 40.0 Å². The molecule has 7 heteroatoms. The molecule has 0 aliphatic heterocycles. The van der Waals surface area contributed by atoms with Crippen molar-refractivity contribution in [2.75, 3.05) is 17.2 Å². The van der Waals surface area contributed by atoms with Gasteiger partial charge < -0.3 is 10.6 Å². The molecule has 0 fully saturated rings. The lowest BCUT2D eigenvalue weighted by atomic mass is 10.0. The maximum Gasteiger partial charge on any atom is 0.321 e. The summed E-state index contributed by atoms with van der Waals surface area (Å²) >= 11 is 1.36. The molecule has 0 atom stereocenters. The fourth-order valence-corrected chi connectivity index (χ4v) is 4.65. The van der Waals surface area contributed by atoms with Crippen molar-refractivity contribution in [1.82, 2.24) is 10.3 Å². The van der Waals surface area contributed by atoms with E-state index in [9.17, 15) is 9.59 Å². The Balaban J connectivity index is 1.61. The molecule has 0 aliphatic carbocycles. The Hall–Kier alpha value is -2.93. The summed E-state index contributed by atoms with van der Waals surface area (Å²) in [5.41, 5.74) is 5.41. The molecule has 3 N–H and O–H groups in total. The zero-order valence-corrected chi connectivity index (χ0v) is 20.1. The number of anilines is 2. The first kappa shape index (κ1) is 23.7. The Morgan fingerprint density at radius 2 is 1.66 bits per heavy atom. The van der Waals surface area contributed by atoms with Gasteiger partial charge in [-0.1, -0.05) is 61.6 Å². The number of benzene rings is 2. The van der Waals surface area contributed by atoms with Crippen molar-refractivity contribution in [3.05, 3.63) is 52.6 Å². The van der Waals surface area contributed by atoms with E-state index in [1.807, 2.05) is 32.9 Å². The molecule has 170 valence electrons. The molecule has 0 unspecified atom stereocenters. The second-order valence-corrected chi connectivity index (χ2v) is 9.26. The minimum atomic E-state index is -0.247. The minimum absolute atomic E-state index is 0.161. The highest BCUT2D eigenvalue weighted by atomic mass is 32.1. The highest BCUT2D eigenvalue weighted by Gasteiger charge is 2.13. The summed E-state index contributed by atoms with van der Waals surface area (Å²) in [5, 5.41) is 9.23. The van der Waals surface area contributed by atoms with Crippen LogP contribution in [0.25, 0.3) is 10.2 Å². The number of aryl methyl sites for hydroxylation is 3. The molecular weight excluding hydrogens is 420 g/mol. The maximum absolute atomic E-state index is 12.8. The Morgan fingerprint density at radius 1 is 0.938 bits per heavy atom. The highest BCUT2D eigenvalue weighted by molar-refractivity contribution is 7.22. The Morgan fingerprint density at radius 3 is 2.38 bits per heavy atom. The molecule has 0 saturated heterocycles. The molecule has 3 aromatic rings. The van der Waals surface area contributed by atoms with Crippen LogP contribution in [0.15, 0.2) is 30.3 Å². The van der Waals surface area contributed by atoms with Crippen LogP contribution in [0.3, 0.4) is 0 Å². The standard InChI is InChI=1S/C25H32N4O2S/c1-5-6-7-8-9-12-26-24(31)29-25-27-20-11-10-19(15-21(20)32-25)23(30)28-22-17(3)13-16(2)14-18(22)4/h10-11,13-15H,5-9,12H2,1-4H3,(H,28,30)(H2,26,27,29,31). The van der Waals surface area contributed by atoms with Crippen LogP contribution in [0.5, 0.6) is 0 Å². The number of carbonyl (C=O) groups is 2. The van der Waals surface area contributed by atoms with E-state index >= 15 is 0 Å². The van der Waals surface area contributed by atoms with Crippen molar-refractivity contribution in [1.29, 1.82) is 0 Å². The minimum Gasteiger partial charge on any atom is -0.338 e. The van der Waals surface area contributed by atoms with Crippen LogP contribution in [0.1, 0.15) is 66.1 Å². The number of unbranched alkanes of at least 4 members (excludes halogenated alkanes) is 4. The van der Waals surface area contributed by atoms with Gasteiger partial charge in [0.15, 0.2) is 5.13 Å². The van der Waals surface area contributed by atoms with Crippen molar-refractivity contribution in [3.63, 3.8) is 0 Å². The second-order valence-electron chi connectivity index (χ2n) is 8.22. The SMILES string of the molecule is CCCCCCCNC(=O)Nc1nc2ccc(C(=O)Nc3c(C)cc(C)cc3C)cc2s1. The average molecular weight is 453 g/mol. The summed E-state index contributed by atoms with van der Waals surface area (Å²) < 4.78 is 0.852. The van der Waals surface area contributed by atoms with Gasteiger partial charge in [0.25, 0.3) is 5.91 Å². The number of carbonyl (C=O) groups excluding carboxylic acids is 2. The number of rotatable bonds is 9. The number of nitrogens with one attached hydrogen (secondary N) is 3. The van der Waals surface area contributed by atoms with E-state index in [1.54, 1.807) is 6.07 Å². The zero-order valence-electron chi connectivity index (χ0n) is 19.3. The molecule has 2 aromatic carbocycles. The molecule has 1 aromatic heterocycles. The monoisotopic (exact) mass is 452 g/mol. The zero-order chi connectivity index (χ0) is 23.1. The van der Waals surface area contributed by atoms with Crippen molar-refractivity contribution in [2.24, 2.45) is 0 Å². The summed E-state index contributed by atoms with van der Waals surface area (Å²) in [7, 11) is 0. The lowest BCUT2D eigenvalue weighted by Crippen LogP contribution is -2.29. The second kappa shape index (κ2) is 11.1. The Labute approximate surface area is 193 Å². The van der Waals surface area contributed by atoms with E-state index in [-0.39, 0.29) is 11.9 Å². The van der Waals surface area contributed by atoms with Crippen molar-refractivity contribution in [3.8, 4) is 0 Å². The first-order chi connectivity index (χ1) is 15.4. The quantitative estimate of drug-likeness (QED) is 0.321. The van der Waals surface area contributed by atoms with Crippen molar-refractivity contribution < 1.29 is 9.59 Å². The van der Waals surface area contributed by atoms with Crippen LogP contribution in [-0.4, -0.2) is 23.5 Å². The van der Waals surface area contributed by atoms with Crippen molar-refractivity contribution >= 4 is 44.3 Å². The van der Waals surface area contributed by atoms with Crippen LogP contribution >= 0.6 is 11.3 Å². The van der Waals surface area contributed by atoms with E-state index < -0.39 is 0 Å². The molecule has 0 radical (unpaired) electrons. The molecule has 0 bridgehead atoms. The summed E-state index contributed by atoms with van der Waals surface area (Å²) in [6, 6.07) is 9.26. The number of fused-ring (bicyclic) bond motifs is 1. The van der Waals surface area contributed by atoms with Crippen LogP contribution in [0.2, 0.25) is 0 Å². The first-order valence-corrected chi connectivity index (χ1v) is 12.0. The molecule has 6 nitrogen and oxygen atoms in total. The number of urea groups is 1. The normalized spacial score (nSPS) is 10.9. The van der Waals surface area contributed by atoms with Gasteiger partial charge >= 0.3 is 6.03 Å². The van der Waals surface area contributed by atoms with Crippen LogP contribution in [-0.2, 0) is 0 Å². The number of amides is 3. The van der Waals surface area contributed by atoms with Gasteiger partial charge in [-0.15, -0.1) is 0 Å². The molecule has 0 saturated carbocycles. The molecule has 3 rings (SSSR count). The third kappa shape index (κ3) is 6.29. The van der Waals surface area contributed by atoms with Gasteiger partial charge in [0.2, 0.25) is 0 Å². The van der Waals surface area contributed by atoms with E-state index in [1.165, 1.54) is 36.2 Å². The van der Waals surface area contributed by atoms with Gasteiger partial charge in [0.05, 0.1) is 10.2 Å². The number of aromatic nitrogens is 1. The summed E-state index contributed by atoms with van der Waals surface area (Å²) in [6.45, 7) is 8.88. The van der Waals surface area contributed by atoms with Crippen LogP contribution in [0, 0.1) is 20.8 Å². The summed E-state index contributed by atoms with van der Waals surface area (Å²) in [4.78, 5) is 29.4. The van der Waals surface area contributed by atoms with Gasteiger partial charge in [-0.05, 0) is 56.5 Å². The smallest absolute Gasteiger partial charge is 0.321 e. The third-order valence-corrected chi connectivity index (χ3v) is 6.29. The fraction of sp³-hybridized carbons (Fsp3) is 0.400. The molecule has 1 heterocycles. The fourth-order valence-electron chi connectivity index (χ4n) is 3.75. The molecule has 0 aliphatic rings. The Kier molecular flexibility index (Phi) is 8.22. The molecule has 32 heavy (non-hydrogen) atoms. The van der Waals surface area contributed by atoms with E-state index in [0.29, 0.717) is 17.2 Å². The van der Waals surface area contributed by atoms with E-state index in [0.717, 1.165) is 39.9 Å². The number of thiazole rings is 1. The third-order valence-electron chi connectivity index (χ3n) is 5.35. The van der Waals surface area contributed by atoms with Crippen LogP contribution in [0.4, 0.5) is 15.6 Å². The van der Waals surface area contributed by atoms with Gasteiger partial charge in [-0.3, -0.25) is 10.1 Å². The highest BCUT2D eigenvalue weighted by Crippen LogP contribution is 2.28. The van der Waals surface area contributed by atoms with Crippen molar-refractivity contribution in [2.45, 2.75) is 59.8 Å². The largest absolute Gasteiger partial charge is 0.338 e. The van der Waals surface area contributed by atoms with Gasteiger partial charge in [-0.25, -0.2) is 9.78 Å². The molecule has 3 amide bonds. The van der Waals surface area contributed by atoms with Gasteiger partial charge in [0, 0.05) is 17.8 Å². The lowest BCUT2D eigenvalue weighted by molar-refractivity contribution is 0.102. The predicted octanol–water partition coefficient (Wildman–Crippen LogP) is 6.57. The molecule has 0 spiro atoms. The maximum atomic E-state index is 12.8.